The summed E-state index contributed by atoms with van der Waals surface area (Å²) < 4.78 is 5.27. The molecule has 0 saturated carbocycles. The van der Waals surface area contributed by atoms with Crippen LogP contribution in [0.15, 0.2) is 30.3 Å². The third kappa shape index (κ3) is 5.37. The molecule has 0 radical (unpaired) electrons. The Hall–Kier alpha value is -2.08. The molecule has 0 bridgehead atoms. The lowest BCUT2D eigenvalue weighted by Crippen LogP contribution is -2.51. The third-order valence-corrected chi connectivity index (χ3v) is 2.87. The highest BCUT2D eigenvalue weighted by Gasteiger charge is 2.36. The van der Waals surface area contributed by atoms with E-state index in [1.165, 1.54) is 6.92 Å². The minimum absolute atomic E-state index is 0.0393. The molecular weight excluding hydrogens is 286 g/mol. The monoisotopic (exact) mass is 309 g/mol. The van der Waals surface area contributed by atoms with Crippen LogP contribution in [0, 0.1) is 0 Å². The van der Waals surface area contributed by atoms with Gasteiger partial charge < -0.3 is 14.9 Å². The topological polar surface area (TPSA) is 87.1 Å². The molecule has 1 aromatic rings. The zero-order valence-electron chi connectivity index (χ0n) is 13.3. The molecule has 0 aliphatic carbocycles. The van der Waals surface area contributed by atoms with Crippen molar-refractivity contribution < 1.29 is 24.5 Å². The van der Waals surface area contributed by atoms with Crippen molar-refractivity contribution in [1.29, 1.82) is 0 Å². The Balaban J connectivity index is 3.08. The molecule has 0 aliphatic heterocycles. The van der Waals surface area contributed by atoms with Crippen LogP contribution in [0.3, 0.4) is 0 Å². The SMILES string of the molecule is CC(O)C(C(=O)O)N(Cc1ccccc1)C(=O)OC(C)(C)C. The number of carbonyl (C=O) groups is 2. The van der Waals surface area contributed by atoms with Crippen LogP contribution in [0.4, 0.5) is 4.79 Å². The van der Waals surface area contributed by atoms with E-state index in [2.05, 4.69) is 0 Å². The van der Waals surface area contributed by atoms with Crippen LogP contribution in [0.2, 0.25) is 0 Å². The van der Waals surface area contributed by atoms with Gasteiger partial charge in [-0.05, 0) is 33.3 Å². The lowest BCUT2D eigenvalue weighted by molar-refractivity contribution is -0.147. The predicted molar refractivity (Wildman–Crippen MR) is 81.3 cm³/mol. The Kier molecular flexibility index (Phi) is 5.93. The van der Waals surface area contributed by atoms with Crippen LogP contribution in [0.1, 0.15) is 33.3 Å². The first kappa shape index (κ1) is 18.0. The van der Waals surface area contributed by atoms with E-state index in [0.29, 0.717) is 0 Å². The average molecular weight is 309 g/mol. The first-order valence-corrected chi connectivity index (χ1v) is 7.06. The second kappa shape index (κ2) is 7.26. The molecule has 0 aromatic heterocycles. The summed E-state index contributed by atoms with van der Waals surface area (Å²) in [4.78, 5) is 24.8. The van der Waals surface area contributed by atoms with E-state index in [1.54, 1.807) is 45.0 Å². The number of aliphatic carboxylic acids is 1. The largest absolute Gasteiger partial charge is 0.480 e. The Morgan fingerprint density at radius 2 is 1.77 bits per heavy atom. The number of carbonyl (C=O) groups excluding carboxylic acids is 1. The normalized spacial score (nSPS) is 14.0. The van der Waals surface area contributed by atoms with Crippen molar-refractivity contribution >= 4 is 12.1 Å². The Morgan fingerprint density at radius 3 is 2.18 bits per heavy atom. The van der Waals surface area contributed by atoms with E-state index < -0.39 is 29.8 Å². The fourth-order valence-corrected chi connectivity index (χ4v) is 1.98. The van der Waals surface area contributed by atoms with Gasteiger partial charge in [0, 0.05) is 0 Å². The molecule has 1 aromatic carbocycles. The van der Waals surface area contributed by atoms with Gasteiger partial charge in [0.15, 0.2) is 6.04 Å². The van der Waals surface area contributed by atoms with E-state index in [0.717, 1.165) is 10.5 Å². The van der Waals surface area contributed by atoms with Gasteiger partial charge in [-0.1, -0.05) is 30.3 Å². The van der Waals surface area contributed by atoms with Crippen molar-refractivity contribution in [3.63, 3.8) is 0 Å². The molecule has 2 unspecified atom stereocenters. The summed E-state index contributed by atoms with van der Waals surface area (Å²) in [6.45, 7) is 6.47. The molecule has 6 nitrogen and oxygen atoms in total. The summed E-state index contributed by atoms with van der Waals surface area (Å²) >= 11 is 0. The van der Waals surface area contributed by atoms with Gasteiger partial charge in [0.1, 0.15) is 5.60 Å². The summed E-state index contributed by atoms with van der Waals surface area (Å²) in [5.74, 6) is -1.28. The van der Waals surface area contributed by atoms with Crippen molar-refractivity contribution in [2.75, 3.05) is 0 Å². The maximum Gasteiger partial charge on any atom is 0.411 e. The van der Waals surface area contributed by atoms with Gasteiger partial charge in [-0.3, -0.25) is 4.90 Å². The summed E-state index contributed by atoms with van der Waals surface area (Å²) in [5, 5.41) is 19.1. The second-order valence-electron chi connectivity index (χ2n) is 6.12. The minimum Gasteiger partial charge on any atom is -0.480 e. The highest BCUT2D eigenvalue weighted by molar-refractivity contribution is 5.80. The van der Waals surface area contributed by atoms with Crippen molar-refractivity contribution in [3.05, 3.63) is 35.9 Å². The van der Waals surface area contributed by atoms with E-state index in [-0.39, 0.29) is 6.54 Å². The van der Waals surface area contributed by atoms with E-state index in [4.69, 9.17) is 4.74 Å². The summed E-state index contributed by atoms with van der Waals surface area (Å²) in [7, 11) is 0. The van der Waals surface area contributed by atoms with Gasteiger partial charge in [0.25, 0.3) is 0 Å². The van der Waals surface area contributed by atoms with Crippen molar-refractivity contribution in [3.8, 4) is 0 Å². The first-order valence-electron chi connectivity index (χ1n) is 7.06. The van der Waals surface area contributed by atoms with Crippen LogP contribution in [0.5, 0.6) is 0 Å². The highest BCUT2D eigenvalue weighted by atomic mass is 16.6. The fourth-order valence-electron chi connectivity index (χ4n) is 1.98. The molecule has 0 saturated heterocycles. The molecule has 1 rings (SSSR count). The summed E-state index contributed by atoms with van der Waals surface area (Å²) in [6.07, 6.45) is -2.00. The zero-order chi connectivity index (χ0) is 16.9. The Bertz CT molecular complexity index is 507. The molecule has 22 heavy (non-hydrogen) atoms. The molecule has 0 heterocycles. The molecule has 1 amide bonds. The zero-order valence-corrected chi connectivity index (χ0v) is 13.3. The molecule has 6 heteroatoms. The van der Waals surface area contributed by atoms with Crippen molar-refractivity contribution in [2.45, 2.75) is 52.0 Å². The quantitative estimate of drug-likeness (QED) is 0.871. The number of carboxylic acids is 1. The number of aliphatic hydroxyl groups is 1. The van der Waals surface area contributed by atoms with E-state index in [1.807, 2.05) is 6.07 Å². The third-order valence-electron chi connectivity index (χ3n) is 2.87. The number of ether oxygens (including phenoxy) is 1. The lowest BCUT2D eigenvalue weighted by atomic mass is 10.1. The van der Waals surface area contributed by atoms with Crippen molar-refractivity contribution in [1.82, 2.24) is 4.90 Å². The maximum atomic E-state index is 12.3. The van der Waals surface area contributed by atoms with E-state index in [9.17, 15) is 19.8 Å². The number of hydrogen-bond acceptors (Lipinski definition) is 4. The van der Waals surface area contributed by atoms with Crippen LogP contribution >= 0.6 is 0 Å². The van der Waals surface area contributed by atoms with Gasteiger partial charge in [-0.2, -0.15) is 0 Å². The number of benzene rings is 1. The van der Waals surface area contributed by atoms with Gasteiger partial charge >= 0.3 is 12.1 Å². The minimum atomic E-state index is -1.38. The van der Waals surface area contributed by atoms with Gasteiger partial charge in [-0.25, -0.2) is 9.59 Å². The molecule has 2 atom stereocenters. The number of nitrogens with zero attached hydrogens (tertiary/aromatic N) is 1. The summed E-state index contributed by atoms with van der Waals surface area (Å²) in [5.41, 5.74) is -0.00594. The molecule has 122 valence electrons. The Morgan fingerprint density at radius 1 is 1.23 bits per heavy atom. The number of rotatable bonds is 5. The second-order valence-corrected chi connectivity index (χ2v) is 6.12. The van der Waals surface area contributed by atoms with E-state index >= 15 is 0 Å². The predicted octanol–water partition coefficient (Wildman–Crippen LogP) is 2.26. The van der Waals surface area contributed by atoms with Gasteiger partial charge in [0.2, 0.25) is 0 Å². The fraction of sp³-hybridized carbons (Fsp3) is 0.500. The molecular formula is C16H23NO5. The number of aliphatic hydroxyl groups excluding tert-OH is 1. The Labute approximate surface area is 130 Å². The summed E-state index contributed by atoms with van der Waals surface area (Å²) in [6, 6.07) is 7.58. The van der Waals surface area contributed by atoms with Crippen LogP contribution < -0.4 is 0 Å². The van der Waals surface area contributed by atoms with Gasteiger partial charge in [0.05, 0.1) is 12.6 Å². The molecule has 0 spiro atoms. The number of carboxylic acid groups (broad SMARTS) is 1. The first-order chi connectivity index (χ1) is 10.1. The molecule has 2 N–H and O–H groups in total. The van der Waals surface area contributed by atoms with Gasteiger partial charge in [-0.15, -0.1) is 0 Å². The molecule has 0 fully saturated rings. The smallest absolute Gasteiger partial charge is 0.411 e. The van der Waals surface area contributed by atoms with Crippen molar-refractivity contribution in [2.24, 2.45) is 0 Å². The average Bonchev–Trinajstić information content (AvgIpc) is 2.36. The standard InChI is InChI=1S/C16H23NO5/c1-11(18)13(14(19)20)17(15(21)22-16(2,3)4)10-12-8-6-5-7-9-12/h5-9,11,13,18H,10H2,1-4H3,(H,19,20). The maximum absolute atomic E-state index is 12.3. The van der Waals surface area contributed by atoms with Crippen LogP contribution in [-0.2, 0) is 16.1 Å². The number of amides is 1. The van der Waals surface area contributed by atoms with Crippen LogP contribution in [-0.4, -0.2) is 44.9 Å². The highest BCUT2D eigenvalue weighted by Crippen LogP contribution is 2.17. The number of hydrogen-bond donors (Lipinski definition) is 2. The lowest BCUT2D eigenvalue weighted by Gasteiger charge is -2.32. The molecule has 0 aliphatic rings. The van der Waals surface area contributed by atoms with Crippen LogP contribution in [0.25, 0.3) is 0 Å².